The number of aromatic amines is 1. The third kappa shape index (κ3) is 4.90. The lowest BCUT2D eigenvalue weighted by atomic mass is 10.1. The van der Waals surface area contributed by atoms with E-state index in [0.29, 0.717) is 42.5 Å². The Bertz CT molecular complexity index is 973. The molecule has 0 saturated carbocycles. The average molecular weight is 393 g/mol. The number of piperazine rings is 1. The summed E-state index contributed by atoms with van der Waals surface area (Å²) in [7, 11) is 0. The average Bonchev–Trinajstić information content (AvgIpc) is 3.13. The fourth-order valence-electron chi connectivity index (χ4n) is 3.22. The molecule has 1 N–H and O–H groups in total. The SMILES string of the molecule is C=C/C=c1/c(C(=O)C(=O)N2CCN(C(=O)/C(C=C)=C/C=C)CC2)c[nH]/c1=C/CC. The topological polar surface area (TPSA) is 73.5 Å². The highest BCUT2D eigenvalue weighted by atomic mass is 16.2. The molecule has 0 unspecified atom stereocenters. The van der Waals surface area contributed by atoms with Gasteiger partial charge in [0.15, 0.2) is 0 Å². The van der Waals surface area contributed by atoms with Crippen molar-refractivity contribution in [1.82, 2.24) is 14.8 Å². The van der Waals surface area contributed by atoms with Crippen molar-refractivity contribution in [2.24, 2.45) is 0 Å². The van der Waals surface area contributed by atoms with Crippen LogP contribution in [0.4, 0.5) is 0 Å². The Labute approximate surface area is 170 Å². The summed E-state index contributed by atoms with van der Waals surface area (Å²) in [5, 5.41) is 1.46. The zero-order valence-electron chi connectivity index (χ0n) is 16.8. The second kappa shape index (κ2) is 10.2. The van der Waals surface area contributed by atoms with Gasteiger partial charge in [0.25, 0.3) is 17.6 Å². The second-order valence-electron chi connectivity index (χ2n) is 6.52. The number of aromatic nitrogens is 1. The van der Waals surface area contributed by atoms with Crippen molar-refractivity contribution < 1.29 is 14.4 Å². The number of hydrogen-bond donors (Lipinski definition) is 1. The number of allylic oxidation sites excluding steroid dienone is 3. The Morgan fingerprint density at radius 1 is 1.03 bits per heavy atom. The van der Waals surface area contributed by atoms with Crippen LogP contribution in [0, 0.1) is 0 Å². The summed E-state index contributed by atoms with van der Waals surface area (Å²) in [5.74, 6) is -1.29. The molecule has 2 heterocycles. The Morgan fingerprint density at radius 2 is 1.66 bits per heavy atom. The molecular weight excluding hydrogens is 366 g/mol. The summed E-state index contributed by atoms with van der Waals surface area (Å²) in [5.41, 5.74) is 0.781. The van der Waals surface area contributed by atoms with Gasteiger partial charge < -0.3 is 14.8 Å². The molecule has 6 heteroatoms. The van der Waals surface area contributed by atoms with E-state index in [1.165, 1.54) is 17.1 Å². The predicted octanol–water partition coefficient (Wildman–Crippen LogP) is 1.32. The summed E-state index contributed by atoms with van der Waals surface area (Å²) in [6.45, 7) is 14.2. The maximum Gasteiger partial charge on any atom is 0.295 e. The quantitative estimate of drug-likeness (QED) is 0.329. The van der Waals surface area contributed by atoms with E-state index in [9.17, 15) is 14.4 Å². The molecule has 1 aliphatic heterocycles. The van der Waals surface area contributed by atoms with Crippen LogP contribution in [0.15, 0.2) is 55.8 Å². The van der Waals surface area contributed by atoms with E-state index < -0.39 is 11.7 Å². The first-order valence-electron chi connectivity index (χ1n) is 9.56. The Hall–Kier alpha value is -3.41. The first kappa shape index (κ1) is 21.9. The molecule has 0 spiro atoms. The minimum Gasteiger partial charge on any atom is -0.361 e. The van der Waals surface area contributed by atoms with Gasteiger partial charge in [-0.3, -0.25) is 14.4 Å². The van der Waals surface area contributed by atoms with E-state index >= 15 is 0 Å². The number of ketones is 1. The van der Waals surface area contributed by atoms with Gasteiger partial charge in [-0.1, -0.05) is 63.1 Å². The van der Waals surface area contributed by atoms with E-state index in [2.05, 4.69) is 24.7 Å². The van der Waals surface area contributed by atoms with Gasteiger partial charge in [0, 0.05) is 48.5 Å². The number of H-pyrrole nitrogens is 1. The molecule has 1 aromatic heterocycles. The molecule has 0 radical (unpaired) electrons. The number of carbonyl (C=O) groups is 3. The number of amides is 2. The summed E-state index contributed by atoms with van der Waals surface area (Å²) >= 11 is 0. The van der Waals surface area contributed by atoms with Gasteiger partial charge in [-0.15, -0.1) is 0 Å². The predicted molar refractivity (Wildman–Crippen MR) is 115 cm³/mol. The van der Waals surface area contributed by atoms with Gasteiger partial charge in [0.05, 0.1) is 5.56 Å². The summed E-state index contributed by atoms with van der Waals surface area (Å²) < 4.78 is 0. The molecule has 152 valence electrons. The lowest BCUT2D eigenvalue weighted by molar-refractivity contribution is -0.134. The molecule has 1 saturated heterocycles. The smallest absolute Gasteiger partial charge is 0.295 e. The van der Waals surface area contributed by atoms with Crippen molar-refractivity contribution >= 4 is 29.7 Å². The Kier molecular flexibility index (Phi) is 7.71. The number of nitrogens with zero attached hydrogens (tertiary/aromatic N) is 2. The fourth-order valence-corrected chi connectivity index (χ4v) is 3.22. The van der Waals surface area contributed by atoms with Crippen molar-refractivity contribution in [2.45, 2.75) is 13.3 Å². The monoisotopic (exact) mass is 393 g/mol. The van der Waals surface area contributed by atoms with Crippen LogP contribution in [-0.2, 0) is 9.59 Å². The van der Waals surface area contributed by atoms with Crippen LogP contribution in [0.2, 0.25) is 0 Å². The van der Waals surface area contributed by atoms with Crippen molar-refractivity contribution in [3.63, 3.8) is 0 Å². The van der Waals surface area contributed by atoms with Crippen molar-refractivity contribution in [2.75, 3.05) is 26.2 Å². The Morgan fingerprint density at radius 3 is 2.17 bits per heavy atom. The molecule has 29 heavy (non-hydrogen) atoms. The maximum absolute atomic E-state index is 12.8. The highest BCUT2D eigenvalue weighted by Gasteiger charge is 2.29. The third-order valence-corrected chi connectivity index (χ3v) is 4.70. The zero-order valence-corrected chi connectivity index (χ0v) is 16.8. The van der Waals surface area contributed by atoms with Crippen LogP contribution in [0.5, 0.6) is 0 Å². The zero-order chi connectivity index (χ0) is 21.4. The van der Waals surface area contributed by atoms with Gasteiger partial charge in [0.2, 0.25) is 0 Å². The van der Waals surface area contributed by atoms with Gasteiger partial charge in [-0.25, -0.2) is 0 Å². The lowest BCUT2D eigenvalue weighted by Gasteiger charge is -2.34. The molecule has 0 atom stereocenters. The van der Waals surface area contributed by atoms with Crippen LogP contribution in [-0.4, -0.2) is 58.6 Å². The molecule has 2 amide bonds. The molecule has 6 nitrogen and oxygen atoms in total. The summed E-state index contributed by atoms with van der Waals surface area (Å²) in [4.78, 5) is 44.2. The number of nitrogens with one attached hydrogen (secondary N) is 1. The molecule has 0 bridgehead atoms. The number of Topliss-reactive ketones (excluding diaryl/α,β-unsaturated/α-hetero) is 1. The van der Waals surface area contributed by atoms with Gasteiger partial charge in [0.1, 0.15) is 0 Å². The largest absolute Gasteiger partial charge is 0.361 e. The standard InChI is InChI=1S/C23H27N3O3/c1-5-9-17(8-4)22(28)25-12-14-26(15-13-25)23(29)21(27)19-16-24-20(11-7-3)18(19)10-6-2/h5-6,8-11,16,24H,1-2,4,7,12-15H2,3H3/b17-9+,18-10-,20-11+. The second-order valence-corrected chi connectivity index (χ2v) is 6.52. The molecule has 1 aliphatic rings. The summed E-state index contributed by atoms with van der Waals surface area (Å²) in [6.07, 6.45) is 12.2. The molecule has 1 fully saturated rings. The van der Waals surface area contributed by atoms with Crippen LogP contribution in [0.3, 0.4) is 0 Å². The van der Waals surface area contributed by atoms with Crippen molar-refractivity contribution in [3.05, 3.63) is 71.9 Å². The minimum absolute atomic E-state index is 0.161. The van der Waals surface area contributed by atoms with Crippen LogP contribution in [0.1, 0.15) is 23.7 Å². The fraction of sp³-hybridized carbons (Fsp3) is 0.261. The number of rotatable bonds is 7. The van der Waals surface area contributed by atoms with Gasteiger partial charge in [-0.2, -0.15) is 0 Å². The Balaban J connectivity index is 2.14. The maximum atomic E-state index is 12.8. The summed E-state index contributed by atoms with van der Waals surface area (Å²) in [6, 6.07) is 0. The van der Waals surface area contributed by atoms with Crippen molar-refractivity contribution in [1.29, 1.82) is 0 Å². The molecular formula is C23H27N3O3. The van der Waals surface area contributed by atoms with E-state index in [-0.39, 0.29) is 5.91 Å². The van der Waals surface area contributed by atoms with Crippen LogP contribution < -0.4 is 10.6 Å². The first-order chi connectivity index (χ1) is 14.0. The number of hydrogen-bond acceptors (Lipinski definition) is 3. The molecule has 2 rings (SSSR count). The highest BCUT2D eigenvalue weighted by Crippen LogP contribution is 2.10. The van der Waals surface area contributed by atoms with Crippen LogP contribution >= 0.6 is 0 Å². The van der Waals surface area contributed by atoms with E-state index in [0.717, 1.165) is 11.8 Å². The molecule has 0 aromatic carbocycles. The van der Waals surface area contributed by atoms with E-state index in [4.69, 9.17) is 0 Å². The number of carbonyl (C=O) groups excluding carboxylic acids is 3. The molecule has 1 aromatic rings. The molecule has 0 aliphatic carbocycles. The third-order valence-electron chi connectivity index (χ3n) is 4.70. The van der Waals surface area contributed by atoms with Crippen molar-refractivity contribution in [3.8, 4) is 0 Å². The first-order valence-corrected chi connectivity index (χ1v) is 9.56. The highest BCUT2D eigenvalue weighted by molar-refractivity contribution is 6.42. The van der Waals surface area contributed by atoms with E-state index in [1.54, 1.807) is 29.3 Å². The normalized spacial score (nSPS) is 16.0. The van der Waals surface area contributed by atoms with Gasteiger partial charge >= 0.3 is 0 Å². The minimum atomic E-state index is -0.566. The lowest BCUT2D eigenvalue weighted by Crippen LogP contribution is -2.52. The van der Waals surface area contributed by atoms with Gasteiger partial charge in [-0.05, 0) is 6.42 Å². The van der Waals surface area contributed by atoms with E-state index in [1.807, 2.05) is 13.0 Å². The van der Waals surface area contributed by atoms with Crippen LogP contribution in [0.25, 0.3) is 12.2 Å².